The van der Waals surface area contributed by atoms with Crippen LogP contribution in [0.5, 0.6) is 5.75 Å². The van der Waals surface area contributed by atoms with Gasteiger partial charge in [-0.25, -0.2) is 9.59 Å². The van der Waals surface area contributed by atoms with Crippen molar-refractivity contribution in [2.75, 3.05) is 13.2 Å². The number of aromatic hydroxyl groups is 1. The van der Waals surface area contributed by atoms with Crippen LogP contribution in [0, 0.1) is 13.8 Å². The molecule has 7 N–H and O–H groups in total. The maximum Gasteiger partial charge on any atom is 0.408 e. The Kier molecular flexibility index (Phi) is 17.0. The summed E-state index contributed by atoms with van der Waals surface area (Å²) in [7, 11) is 0. The van der Waals surface area contributed by atoms with Crippen LogP contribution >= 0.6 is 0 Å². The minimum Gasteiger partial charge on any atom is -0.508 e. The number of nitrogens with one attached hydrogen (secondary N) is 4. The number of carbonyl (C=O) groups is 5. The second kappa shape index (κ2) is 20.6. The van der Waals surface area contributed by atoms with Crippen LogP contribution in [0.15, 0.2) is 54.1 Å². The summed E-state index contributed by atoms with van der Waals surface area (Å²) in [5, 5.41) is 20.8. The number of benzene rings is 2. The number of nitrogens with two attached hydrogens (primary N) is 1. The molecule has 0 aliphatic rings. The number of ether oxygens (including phenoxy) is 2. The fourth-order valence-corrected chi connectivity index (χ4v) is 5.30. The molecule has 2 rings (SSSR count). The lowest BCUT2D eigenvalue weighted by Crippen LogP contribution is -2.57. The Morgan fingerprint density at radius 1 is 0.863 bits per heavy atom. The van der Waals surface area contributed by atoms with Crippen molar-refractivity contribution in [2.24, 2.45) is 5.73 Å². The second-order valence-corrected chi connectivity index (χ2v) is 13.5. The van der Waals surface area contributed by atoms with E-state index >= 15 is 0 Å². The Labute approximate surface area is 301 Å². The molecule has 3 atom stereocenters. The van der Waals surface area contributed by atoms with Gasteiger partial charge in [0.15, 0.2) is 0 Å². The second-order valence-electron chi connectivity index (χ2n) is 13.5. The van der Waals surface area contributed by atoms with Gasteiger partial charge in [-0.05, 0) is 107 Å². The SMILES string of the molecule is CC=C(CC)COC(=O)NCCCCC(NC(=O)C(Cc1c(C)cc(O)cc1C)NC(=O)OC(C)(C)C)C(=O)NC(Cc1ccccc1)C(N)=O. The largest absolute Gasteiger partial charge is 0.508 e. The van der Waals surface area contributed by atoms with Crippen LogP contribution in [-0.4, -0.2) is 71.9 Å². The highest BCUT2D eigenvalue weighted by Gasteiger charge is 2.31. The van der Waals surface area contributed by atoms with Gasteiger partial charge in [-0.1, -0.05) is 43.3 Å². The van der Waals surface area contributed by atoms with Crippen molar-refractivity contribution in [3.63, 3.8) is 0 Å². The molecule has 0 saturated heterocycles. The third-order valence-electron chi connectivity index (χ3n) is 8.11. The molecule has 0 fully saturated rings. The molecule has 51 heavy (non-hydrogen) atoms. The summed E-state index contributed by atoms with van der Waals surface area (Å²) < 4.78 is 10.7. The number of unbranched alkanes of at least 4 members (excludes halogenated alkanes) is 1. The smallest absolute Gasteiger partial charge is 0.408 e. The van der Waals surface area contributed by atoms with Crippen molar-refractivity contribution < 1.29 is 38.6 Å². The molecule has 0 aliphatic heterocycles. The predicted octanol–water partition coefficient (Wildman–Crippen LogP) is 4.40. The van der Waals surface area contributed by atoms with Crippen LogP contribution in [0.4, 0.5) is 9.59 Å². The lowest BCUT2D eigenvalue weighted by Gasteiger charge is -2.27. The minimum absolute atomic E-state index is 0.0360. The van der Waals surface area contributed by atoms with E-state index in [9.17, 15) is 29.1 Å². The van der Waals surface area contributed by atoms with E-state index in [1.807, 2.05) is 26.0 Å². The van der Waals surface area contributed by atoms with E-state index in [1.54, 1.807) is 71.0 Å². The molecule has 5 amide bonds. The van der Waals surface area contributed by atoms with Crippen molar-refractivity contribution in [2.45, 2.75) is 111 Å². The molecule has 280 valence electrons. The molecule has 3 unspecified atom stereocenters. The fourth-order valence-electron chi connectivity index (χ4n) is 5.30. The van der Waals surface area contributed by atoms with Gasteiger partial charge in [0.2, 0.25) is 17.7 Å². The van der Waals surface area contributed by atoms with E-state index < -0.39 is 53.6 Å². The van der Waals surface area contributed by atoms with Crippen molar-refractivity contribution in [1.29, 1.82) is 0 Å². The number of carbonyl (C=O) groups excluding carboxylic acids is 5. The average molecular weight is 710 g/mol. The summed E-state index contributed by atoms with van der Waals surface area (Å²) in [5.41, 5.74) is 8.73. The van der Waals surface area contributed by atoms with Crippen LogP contribution in [-0.2, 0) is 36.7 Å². The van der Waals surface area contributed by atoms with E-state index in [0.717, 1.165) is 23.1 Å². The van der Waals surface area contributed by atoms with Crippen LogP contribution in [0.2, 0.25) is 0 Å². The van der Waals surface area contributed by atoms with E-state index in [0.29, 0.717) is 24.0 Å². The zero-order valence-electron chi connectivity index (χ0n) is 30.9. The number of alkyl carbamates (subject to hydrolysis) is 2. The highest BCUT2D eigenvalue weighted by Crippen LogP contribution is 2.22. The number of hydrogen-bond donors (Lipinski definition) is 6. The molecular weight excluding hydrogens is 654 g/mol. The van der Waals surface area contributed by atoms with Crippen molar-refractivity contribution in [1.82, 2.24) is 21.3 Å². The predicted molar refractivity (Wildman–Crippen MR) is 195 cm³/mol. The molecule has 0 spiro atoms. The molecule has 2 aromatic rings. The van der Waals surface area contributed by atoms with Gasteiger partial charge in [0, 0.05) is 19.4 Å². The van der Waals surface area contributed by atoms with Gasteiger partial charge >= 0.3 is 12.2 Å². The maximum atomic E-state index is 13.9. The molecule has 0 radical (unpaired) electrons. The van der Waals surface area contributed by atoms with Crippen molar-refractivity contribution >= 4 is 29.9 Å². The lowest BCUT2D eigenvalue weighted by atomic mass is 9.95. The first-order valence-electron chi connectivity index (χ1n) is 17.3. The van der Waals surface area contributed by atoms with Crippen LogP contribution < -0.4 is 27.0 Å². The van der Waals surface area contributed by atoms with E-state index in [1.165, 1.54) is 0 Å². The number of aryl methyl sites for hydroxylation is 2. The Morgan fingerprint density at radius 2 is 1.47 bits per heavy atom. The Balaban J connectivity index is 2.27. The normalized spacial score (nSPS) is 13.3. The van der Waals surface area contributed by atoms with Crippen molar-refractivity contribution in [3.8, 4) is 5.75 Å². The highest BCUT2D eigenvalue weighted by molar-refractivity contribution is 5.93. The van der Waals surface area contributed by atoms with Gasteiger partial charge in [0.1, 0.15) is 36.1 Å². The maximum absolute atomic E-state index is 13.9. The molecule has 0 aromatic heterocycles. The van der Waals surface area contributed by atoms with Gasteiger partial charge in [-0.3, -0.25) is 14.4 Å². The molecule has 0 bridgehead atoms. The Morgan fingerprint density at radius 3 is 2.04 bits per heavy atom. The quantitative estimate of drug-likeness (QED) is 0.0967. The molecular formula is C38H55N5O8. The number of phenolic OH excluding ortho intramolecular Hbond substituents is 1. The molecule has 0 heterocycles. The van der Waals surface area contributed by atoms with Crippen molar-refractivity contribution in [3.05, 3.63) is 76.4 Å². The summed E-state index contributed by atoms with van der Waals surface area (Å²) in [5.74, 6) is -1.98. The Hall–Kier alpha value is -5.07. The molecule has 0 aliphatic carbocycles. The van der Waals surface area contributed by atoms with Crippen LogP contribution in [0.25, 0.3) is 0 Å². The molecule has 2 aromatic carbocycles. The average Bonchev–Trinajstić information content (AvgIpc) is 3.04. The fraction of sp³-hybridized carbons (Fsp3) is 0.500. The summed E-state index contributed by atoms with van der Waals surface area (Å²) in [6.07, 6.45) is 2.44. The molecule has 0 saturated carbocycles. The first-order valence-corrected chi connectivity index (χ1v) is 17.3. The number of amides is 5. The zero-order valence-corrected chi connectivity index (χ0v) is 30.9. The molecule has 13 nitrogen and oxygen atoms in total. The minimum atomic E-state index is -1.17. The Bertz CT molecular complexity index is 1500. The van der Waals surface area contributed by atoms with Gasteiger partial charge in [0.05, 0.1) is 0 Å². The third-order valence-corrected chi connectivity index (χ3v) is 8.11. The van der Waals surface area contributed by atoms with Crippen LogP contribution in [0.3, 0.4) is 0 Å². The van der Waals surface area contributed by atoms with E-state index in [2.05, 4.69) is 21.3 Å². The van der Waals surface area contributed by atoms with Gasteiger partial charge in [-0.15, -0.1) is 0 Å². The number of phenols is 1. The number of rotatable bonds is 18. The summed E-state index contributed by atoms with van der Waals surface area (Å²) >= 11 is 0. The van der Waals surface area contributed by atoms with Gasteiger partial charge in [-0.2, -0.15) is 0 Å². The molecule has 13 heteroatoms. The monoisotopic (exact) mass is 709 g/mol. The van der Waals surface area contributed by atoms with Gasteiger partial charge in [0.25, 0.3) is 0 Å². The summed E-state index contributed by atoms with van der Waals surface area (Å²) in [6, 6.07) is 8.82. The lowest BCUT2D eigenvalue weighted by molar-refractivity contribution is -0.132. The van der Waals surface area contributed by atoms with E-state index in [-0.39, 0.29) is 38.2 Å². The first-order chi connectivity index (χ1) is 24.0. The number of hydrogen-bond acceptors (Lipinski definition) is 8. The zero-order chi connectivity index (χ0) is 38.1. The van der Waals surface area contributed by atoms with E-state index in [4.69, 9.17) is 15.2 Å². The van der Waals surface area contributed by atoms with Gasteiger partial charge < -0.3 is 41.6 Å². The van der Waals surface area contributed by atoms with Crippen LogP contribution in [0.1, 0.15) is 82.6 Å². The number of primary amides is 1. The topological polar surface area (TPSA) is 198 Å². The highest BCUT2D eigenvalue weighted by atomic mass is 16.6. The summed E-state index contributed by atoms with van der Waals surface area (Å²) in [6.45, 7) is 13.0. The number of allylic oxidation sites excluding steroid dienone is 1. The standard InChI is InChI=1S/C38H55N5O8/c1-8-26(9-2)23-50-36(48)40-18-14-13-17-30(34(46)42-31(33(39)45)21-27-15-11-10-12-16-27)41-35(47)32(43-37(49)51-38(5,6)7)22-29-24(3)19-28(44)20-25(29)4/h8,10-12,15-16,19-20,30-32,44H,9,13-14,17-18,21-23H2,1-7H3,(H2,39,45)(H,40,48)(H,41,47)(H,42,46)(H,43,49). The first kappa shape index (κ1) is 42.1. The third kappa shape index (κ3) is 15.6. The summed E-state index contributed by atoms with van der Waals surface area (Å²) in [4.78, 5) is 65.1.